The number of H-pyrrole nitrogens is 1. The van der Waals surface area contributed by atoms with E-state index in [0.29, 0.717) is 12.8 Å². The second-order valence-corrected chi connectivity index (χ2v) is 7.32. The summed E-state index contributed by atoms with van der Waals surface area (Å²) in [4.78, 5) is 62.4. The van der Waals surface area contributed by atoms with Gasteiger partial charge in [-0.3, -0.25) is 29.1 Å². The summed E-state index contributed by atoms with van der Waals surface area (Å²) in [5.41, 5.74) is -1.05. The Kier molecular flexibility index (Phi) is 5.60. The number of hydrogen-bond acceptors (Lipinski definition) is 6. The van der Waals surface area contributed by atoms with Crippen LogP contribution in [0.4, 0.5) is 4.79 Å². The van der Waals surface area contributed by atoms with Gasteiger partial charge < -0.3 is 9.88 Å². The Morgan fingerprint density at radius 2 is 2.00 bits per heavy atom. The Balaban J connectivity index is 1.61. The number of imide groups is 1. The van der Waals surface area contributed by atoms with Gasteiger partial charge >= 0.3 is 5.69 Å². The molecular formula is C16H20N4O5S. The first-order valence-electron chi connectivity index (χ1n) is 8.53. The third kappa shape index (κ3) is 4.06. The first-order chi connectivity index (χ1) is 12.5. The number of hydrogen-bond donors (Lipinski definition) is 2. The van der Waals surface area contributed by atoms with Gasteiger partial charge in [-0.2, -0.15) is 0 Å². The van der Waals surface area contributed by atoms with Crippen molar-refractivity contribution in [2.75, 3.05) is 5.75 Å². The van der Waals surface area contributed by atoms with Crippen molar-refractivity contribution in [1.29, 1.82) is 0 Å². The van der Waals surface area contributed by atoms with Crippen molar-refractivity contribution >= 4 is 28.8 Å². The summed E-state index contributed by atoms with van der Waals surface area (Å²) in [5, 5.41) is 2.66. The average Bonchev–Trinajstić information content (AvgIpc) is 2.93. The van der Waals surface area contributed by atoms with Crippen molar-refractivity contribution in [3.8, 4) is 0 Å². The molecule has 140 valence electrons. The molecule has 2 aliphatic rings. The number of nitrogens with one attached hydrogen (secondary N) is 2. The Morgan fingerprint density at radius 3 is 2.69 bits per heavy atom. The van der Waals surface area contributed by atoms with E-state index in [1.54, 1.807) is 0 Å². The van der Waals surface area contributed by atoms with Crippen LogP contribution in [0.5, 0.6) is 0 Å². The molecule has 0 radical (unpaired) electrons. The fourth-order valence-corrected chi connectivity index (χ4v) is 4.16. The second-order valence-electron chi connectivity index (χ2n) is 6.40. The van der Waals surface area contributed by atoms with E-state index in [1.165, 1.54) is 21.7 Å². The standard InChI is InChI=1S/C16H20N4O5S/c21-12(5-7-19-8-6-13(22)18-15(19)24)17-10-3-1-2-4-11(10)20-14(23)9-26-16(20)25/h6,8,10-11H,1-5,7,9H2,(H,17,21)(H,18,22,24)/t10-,11-/m1/s1. The quantitative estimate of drug-likeness (QED) is 0.744. The Hall–Kier alpha value is -2.36. The first kappa shape index (κ1) is 18.4. The second kappa shape index (κ2) is 7.90. The van der Waals surface area contributed by atoms with Gasteiger partial charge in [0.25, 0.3) is 10.8 Å². The molecule has 2 fully saturated rings. The average molecular weight is 380 g/mol. The molecule has 1 aliphatic carbocycles. The fraction of sp³-hybridized carbons (Fsp3) is 0.562. The van der Waals surface area contributed by atoms with E-state index in [4.69, 9.17) is 0 Å². The number of aromatic nitrogens is 2. The minimum absolute atomic E-state index is 0.0613. The molecular weight excluding hydrogens is 360 g/mol. The largest absolute Gasteiger partial charge is 0.351 e. The lowest BCUT2D eigenvalue weighted by atomic mass is 9.89. The molecule has 0 bridgehead atoms. The SMILES string of the molecule is O=C(CCn1ccc(=O)[nH]c1=O)N[C@@H]1CCCC[C@H]1N1C(=O)CSC1=O. The van der Waals surface area contributed by atoms with E-state index < -0.39 is 11.2 Å². The van der Waals surface area contributed by atoms with Gasteiger partial charge in [0.05, 0.1) is 11.8 Å². The summed E-state index contributed by atoms with van der Waals surface area (Å²) in [5.74, 6) is -0.303. The fourth-order valence-electron chi connectivity index (χ4n) is 3.39. The topological polar surface area (TPSA) is 121 Å². The van der Waals surface area contributed by atoms with Crippen molar-refractivity contribution in [2.24, 2.45) is 0 Å². The molecule has 3 rings (SSSR count). The van der Waals surface area contributed by atoms with Crippen LogP contribution < -0.4 is 16.6 Å². The van der Waals surface area contributed by atoms with Crippen LogP contribution in [0.1, 0.15) is 32.1 Å². The summed E-state index contributed by atoms with van der Waals surface area (Å²) >= 11 is 0.996. The van der Waals surface area contributed by atoms with Gasteiger partial charge in [-0.25, -0.2) is 4.79 Å². The van der Waals surface area contributed by atoms with Crippen LogP contribution in [-0.4, -0.2) is 49.3 Å². The summed E-state index contributed by atoms with van der Waals surface area (Å²) in [6, 6.07) is 0.646. The van der Waals surface area contributed by atoms with Crippen LogP contribution in [0.25, 0.3) is 0 Å². The van der Waals surface area contributed by atoms with E-state index in [9.17, 15) is 24.0 Å². The molecule has 10 heteroatoms. The van der Waals surface area contributed by atoms with Gasteiger partial charge in [0.15, 0.2) is 0 Å². The van der Waals surface area contributed by atoms with E-state index >= 15 is 0 Å². The molecule has 1 aromatic rings. The van der Waals surface area contributed by atoms with Crippen LogP contribution in [0.2, 0.25) is 0 Å². The number of aromatic amines is 1. The van der Waals surface area contributed by atoms with Crippen molar-refractivity contribution in [2.45, 2.75) is 50.7 Å². The molecule has 0 unspecified atom stereocenters. The molecule has 2 atom stereocenters. The molecule has 2 heterocycles. The minimum atomic E-state index is -0.564. The molecule has 1 saturated carbocycles. The number of nitrogens with zero attached hydrogens (tertiary/aromatic N) is 2. The highest BCUT2D eigenvalue weighted by molar-refractivity contribution is 8.14. The molecule has 0 aromatic carbocycles. The van der Waals surface area contributed by atoms with Crippen LogP contribution in [-0.2, 0) is 16.1 Å². The zero-order chi connectivity index (χ0) is 18.7. The van der Waals surface area contributed by atoms with Crippen LogP contribution >= 0.6 is 11.8 Å². The van der Waals surface area contributed by atoms with Crippen LogP contribution in [0, 0.1) is 0 Å². The highest BCUT2D eigenvalue weighted by atomic mass is 32.2. The number of carbonyl (C=O) groups is 3. The predicted molar refractivity (Wildman–Crippen MR) is 94.8 cm³/mol. The zero-order valence-electron chi connectivity index (χ0n) is 14.1. The van der Waals surface area contributed by atoms with Gasteiger partial charge in [-0.05, 0) is 12.8 Å². The maximum atomic E-state index is 12.3. The van der Waals surface area contributed by atoms with E-state index in [2.05, 4.69) is 10.3 Å². The molecule has 2 N–H and O–H groups in total. The van der Waals surface area contributed by atoms with E-state index in [0.717, 1.165) is 24.6 Å². The van der Waals surface area contributed by atoms with Crippen molar-refractivity contribution in [3.05, 3.63) is 33.1 Å². The van der Waals surface area contributed by atoms with Crippen molar-refractivity contribution < 1.29 is 14.4 Å². The lowest BCUT2D eigenvalue weighted by Crippen LogP contribution is -2.54. The molecule has 1 saturated heterocycles. The zero-order valence-corrected chi connectivity index (χ0v) is 14.9. The minimum Gasteiger partial charge on any atom is -0.351 e. The lowest BCUT2D eigenvalue weighted by Gasteiger charge is -2.36. The van der Waals surface area contributed by atoms with Gasteiger partial charge in [0.1, 0.15) is 0 Å². The Bertz CT molecular complexity index is 816. The maximum Gasteiger partial charge on any atom is 0.328 e. The predicted octanol–water partition coefficient (Wildman–Crippen LogP) is 0.0495. The molecule has 0 spiro atoms. The third-order valence-electron chi connectivity index (χ3n) is 4.67. The Labute approximate surface area is 153 Å². The summed E-state index contributed by atoms with van der Waals surface area (Å²) in [6.45, 7) is 0.135. The van der Waals surface area contributed by atoms with Crippen molar-refractivity contribution in [1.82, 2.24) is 19.8 Å². The van der Waals surface area contributed by atoms with Crippen LogP contribution in [0.15, 0.2) is 21.9 Å². The number of rotatable bonds is 5. The van der Waals surface area contributed by atoms with E-state index in [-0.39, 0.29) is 47.9 Å². The summed E-state index contributed by atoms with van der Waals surface area (Å²) in [6.07, 6.45) is 4.62. The highest BCUT2D eigenvalue weighted by Gasteiger charge is 2.41. The summed E-state index contributed by atoms with van der Waals surface area (Å²) in [7, 11) is 0. The lowest BCUT2D eigenvalue weighted by molar-refractivity contribution is -0.129. The van der Waals surface area contributed by atoms with Gasteiger partial charge in [-0.15, -0.1) is 0 Å². The maximum absolute atomic E-state index is 12.3. The van der Waals surface area contributed by atoms with Crippen molar-refractivity contribution in [3.63, 3.8) is 0 Å². The number of carbonyl (C=O) groups excluding carboxylic acids is 3. The molecule has 3 amide bonds. The number of amides is 3. The number of aryl methyl sites for hydroxylation is 1. The van der Waals surface area contributed by atoms with Gasteiger partial charge in [0, 0.05) is 31.3 Å². The Morgan fingerprint density at radius 1 is 1.23 bits per heavy atom. The smallest absolute Gasteiger partial charge is 0.328 e. The van der Waals surface area contributed by atoms with Gasteiger partial charge in [-0.1, -0.05) is 24.6 Å². The molecule has 9 nitrogen and oxygen atoms in total. The molecule has 26 heavy (non-hydrogen) atoms. The molecule has 1 aliphatic heterocycles. The monoisotopic (exact) mass is 380 g/mol. The van der Waals surface area contributed by atoms with Crippen LogP contribution in [0.3, 0.4) is 0 Å². The highest BCUT2D eigenvalue weighted by Crippen LogP contribution is 2.30. The summed E-state index contributed by atoms with van der Waals surface area (Å²) < 4.78 is 1.25. The van der Waals surface area contributed by atoms with Gasteiger partial charge in [0.2, 0.25) is 11.8 Å². The molecule has 1 aromatic heterocycles. The normalized spacial score (nSPS) is 23.3. The van der Waals surface area contributed by atoms with E-state index in [1.807, 2.05) is 0 Å². The number of thioether (sulfide) groups is 1. The first-order valence-corrected chi connectivity index (χ1v) is 9.52. The third-order valence-corrected chi connectivity index (χ3v) is 5.50.